The molecule has 1 aliphatic heterocycles. The molecule has 0 saturated carbocycles. The third-order valence-corrected chi connectivity index (χ3v) is 3.82. The van der Waals surface area contributed by atoms with Gasteiger partial charge in [-0.2, -0.15) is 5.10 Å². The molecule has 2 aromatic rings. The molecule has 1 aromatic carbocycles. The summed E-state index contributed by atoms with van der Waals surface area (Å²) in [5.41, 5.74) is 6.92. The van der Waals surface area contributed by atoms with E-state index in [1.807, 2.05) is 0 Å². The topological polar surface area (TPSA) is 80.1 Å². The largest absolute Gasteiger partial charge is 0.379 e. The van der Waals surface area contributed by atoms with E-state index in [1.165, 1.54) is 12.1 Å². The van der Waals surface area contributed by atoms with Gasteiger partial charge in [-0.1, -0.05) is 12.1 Å². The molecule has 1 aromatic heterocycles. The van der Waals surface area contributed by atoms with E-state index in [1.54, 1.807) is 12.1 Å². The second kappa shape index (κ2) is 6.95. The first-order chi connectivity index (χ1) is 10.7. The Balaban J connectivity index is 1.59. The van der Waals surface area contributed by atoms with E-state index in [0.29, 0.717) is 5.82 Å². The lowest BCUT2D eigenvalue weighted by atomic mass is 10.1. The number of nitrogens with two attached hydrogens (primary N) is 1. The van der Waals surface area contributed by atoms with Gasteiger partial charge in [-0.05, 0) is 17.7 Å². The normalized spacial score (nSPS) is 17.5. The average molecular weight is 305 g/mol. The monoisotopic (exact) mass is 305 g/mol. The number of benzene rings is 1. The quantitative estimate of drug-likeness (QED) is 0.856. The van der Waals surface area contributed by atoms with Crippen LogP contribution in [-0.4, -0.2) is 52.9 Å². The van der Waals surface area contributed by atoms with Crippen LogP contribution in [0, 0.1) is 5.82 Å². The van der Waals surface area contributed by atoms with Gasteiger partial charge in [-0.25, -0.2) is 9.37 Å². The summed E-state index contributed by atoms with van der Waals surface area (Å²) in [4.78, 5) is 6.79. The molecular formula is C15H20FN5O. The van der Waals surface area contributed by atoms with Crippen molar-refractivity contribution in [1.29, 1.82) is 0 Å². The molecule has 0 radical (unpaired) electrons. The first-order valence-electron chi connectivity index (χ1n) is 7.45. The number of aromatic nitrogens is 3. The number of morpholine rings is 1. The number of rotatable bonds is 5. The highest BCUT2D eigenvalue weighted by atomic mass is 19.1. The number of hydrogen-bond donors (Lipinski definition) is 2. The van der Waals surface area contributed by atoms with E-state index >= 15 is 0 Å². The third-order valence-electron chi connectivity index (χ3n) is 3.82. The first-order valence-corrected chi connectivity index (χ1v) is 7.45. The number of ether oxygens (including phenoxy) is 1. The smallest absolute Gasteiger partial charge is 0.171 e. The van der Waals surface area contributed by atoms with Gasteiger partial charge in [0.05, 0.1) is 19.3 Å². The number of nitrogens with zero attached hydrogens (tertiary/aromatic N) is 3. The molecule has 0 amide bonds. The van der Waals surface area contributed by atoms with E-state index in [9.17, 15) is 4.39 Å². The van der Waals surface area contributed by atoms with Crippen LogP contribution in [0.2, 0.25) is 0 Å². The van der Waals surface area contributed by atoms with Crippen molar-refractivity contribution in [3.05, 3.63) is 47.3 Å². The molecule has 7 heteroatoms. The molecule has 0 spiro atoms. The summed E-state index contributed by atoms with van der Waals surface area (Å²) in [6.45, 7) is 4.41. The zero-order valence-corrected chi connectivity index (χ0v) is 12.3. The Labute approximate surface area is 128 Å². The van der Waals surface area contributed by atoms with E-state index in [-0.39, 0.29) is 5.82 Å². The van der Waals surface area contributed by atoms with Crippen LogP contribution in [0.25, 0.3) is 0 Å². The highest BCUT2D eigenvalue weighted by Crippen LogP contribution is 2.16. The minimum absolute atomic E-state index is 0.280. The summed E-state index contributed by atoms with van der Waals surface area (Å²) in [5, 5.41) is 7.11. The van der Waals surface area contributed by atoms with Crippen molar-refractivity contribution in [3.63, 3.8) is 0 Å². The standard InChI is InChI=1S/C15H20FN5O/c16-12-3-1-11(2-4-12)14(17)15-18-13(19-20-15)5-6-21-7-9-22-10-8-21/h1-4,14H,5-10,17H2,(H,18,19,20). The fourth-order valence-corrected chi connectivity index (χ4v) is 2.47. The molecule has 3 rings (SSSR count). The Morgan fingerprint density at radius 1 is 1.27 bits per heavy atom. The van der Waals surface area contributed by atoms with Crippen molar-refractivity contribution in [2.45, 2.75) is 12.5 Å². The first kappa shape index (κ1) is 15.1. The molecule has 2 heterocycles. The van der Waals surface area contributed by atoms with Crippen LogP contribution in [-0.2, 0) is 11.2 Å². The number of nitrogens with one attached hydrogen (secondary N) is 1. The van der Waals surface area contributed by atoms with Crippen molar-refractivity contribution in [1.82, 2.24) is 20.1 Å². The molecule has 6 nitrogen and oxygen atoms in total. The average Bonchev–Trinajstić information content (AvgIpc) is 3.03. The van der Waals surface area contributed by atoms with Crippen molar-refractivity contribution in [2.75, 3.05) is 32.8 Å². The van der Waals surface area contributed by atoms with Gasteiger partial charge >= 0.3 is 0 Å². The van der Waals surface area contributed by atoms with Gasteiger partial charge in [0.15, 0.2) is 5.82 Å². The highest BCUT2D eigenvalue weighted by molar-refractivity contribution is 5.24. The van der Waals surface area contributed by atoms with Crippen LogP contribution in [0.4, 0.5) is 4.39 Å². The number of hydrogen-bond acceptors (Lipinski definition) is 5. The van der Waals surface area contributed by atoms with Crippen LogP contribution >= 0.6 is 0 Å². The van der Waals surface area contributed by atoms with Gasteiger partial charge in [-0.15, -0.1) is 0 Å². The van der Waals surface area contributed by atoms with E-state index < -0.39 is 6.04 Å². The molecule has 1 aliphatic rings. The lowest BCUT2D eigenvalue weighted by molar-refractivity contribution is 0.0382. The fraction of sp³-hybridized carbons (Fsp3) is 0.467. The van der Waals surface area contributed by atoms with Gasteiger partial charge in [0, 0.05) is 26.1 Å². The van der Waals surface area contributed by atoms with E-state index in [4.69, 9.17) is 10.5 Å². The number of halogens is 1. The minimum atomic E-state index is -0.450. The Morgan fingerprint density at radius 3 is 2.73 bits per heavy atom. The molecule has 1 unspecified atom stereocenters. The Kier molecular flexibility index (Phi) is 4.77. The highest BCUT2D eigenvalue weighted by Gasteiger charge is 2.16. The van der Waals surface area contributed by atoms with Crippen LogP contribution in [0.15, 0.2) is 24.3 Å². The minimum Gasteiger partial charge on any atom is -0.379 e. The molecular weight excluding hydrogens is 285 g/mol. The molecule has 1 saturated heterocycles. The maximum Gasteiger partial charge on any atom is 0.171 e. The van der Waals surface area contributed by atoms with Crippen molar-refractivity contribution in [2.24, 2.45) is 5.73 Å². The molecule has 1 fully saturated rings. The van der Waals surface area contributed by atoms with Crippen LogP contribution in [0.5, 0.6) is 0 Å². The van der Waals surface area contributed by atoms with Gasteiger partial charge in [0.1, 0.15) is 11.6 Å². The van der Waals surface area contributed by atoms with Gasteiger partial charge in [-0.3, -0.25) is 10.00 Å². The summed E-state index contributed by atoms with van der Waals surface area (Å²) in [6.07, 6.45) is 0.795. The van der Waals surface area contributed by atoms with Crippen molar-refractivity contribution < 1.29 is 9.13 Å². The molecule has 22 heavy (non-hydrogen) atoms. The Bertz CT molecular complexity index is 594. The Hall–Kier alpha value is -1.83. The Morgan fingerprint density at radius 2 is 2.00 bits per heavy atom. The van der Waals surface area contributed by atoms with Gasteiger partial charge in [0.2, 0.25) is 0 Å². The second-order valence-corrected chi connectivity index (χ2v) is 5.37. The van der Waals surface area contributed by atoms with Crippen LogP contribution < -0.4 is 5.73 Å². The zero-order chi connectivity index (χ0) is 15.4. The molecule has 118 valence electrons. The van der Waals surface area contributed by atoms with Crippen LogP contribution in [0.1, 0.15) is 23.3 Å². The summed E-state index contributed by atoms with van der Waals surface area (Å²) >= 11 is 0. The predicted octanol–water partition coefficient (Wildman–Crippen LogP) is 0.867. The van der Waals surface area contributed by atoms with Gasteiger partial charge in [0.25, 0.3) is 0 Å². The molecule has 0 aliphatic carbocycles. The lowest BCUT2D eigenvalue weighted by Crippen LogP contribution is -2.37. The molecule has 0 bridgehead atoms. The molecule has 1 atom stereocenters. The SMILES string of the molecule is NC(c1ccc(F)cc1)c1n[nH]c(CCN2CCOCC2)n1. The summed E-state index contributed by atoms with van der Waals surface area (Å²) < 4.78 is 18.3. The summed E-state index contributed by atoms with van der Waals surface area (Å²) in [5.74, 6) is 1.07. The van der Waals surface area contributed by atoms with Crippen molar-refractivity contribution in [3.8, 4) is 0 Å². The number of aromatic amines is 1. The van der Waals surface area contributed by atoms with E-state index in [0.717, 1.165) is 50.7 Å². The maximum atomic E-state index is 12.9. The maximum absolute atomic E-state index is 12.9. The van der Waals surface area contributed by atoms with Crippen molar-refractivity contribution >= 4 is 0 Å². The number of H-pyrrole nitrogens is 1. The lowest BCUT2D eigenvalue weighted by Gasteiger charge is -2.25. The zero-order valence-electron chi connectivity index (χ0n) is 12.3. The van der Waals surface area contributed by atoms with Crippen LogP contribution in [0.3, 0.4) is 0 Å². The third kappa shape index (κ3) is 3.68. The van der Waals surface area contributed by atoms with Gasteiger partial charge < -0.3 is 10.5 Å². The molecule has 3 N–H and O–H groups in total. The van der Waals surface area contributed by atoms with E-state index in [2.05, 4.69) is 20.1 Å². The fourth-order valence-electron chi connectivity index (χ4n) is 2.47. The summed E-state index contributed by atoms with van der Waals surface area (Å²) in [7, 11) is 0. The predicted molar refractivity (Wildman–Crippen MR) is 79.8 cm³/mol. The second-order valence-electron chi connectivity index (χ2n) is 5.37. The summed E-state index contributed by atoms with van der Waals surface area (Å²) in [6, 6.07) is 5.64.